The van der Waals surface area contributed by atoms with Crippen molar-refractivity contribution >= 4 is 33.4 Å². The van der Waals surface area contributed by atoms with E-state index >= 15 is 0 Å². The van der Waals surface area contributed by atoms with E-state index in [0.29, 0.717) is 48.5 Å². The number of ether oxygens (including phenoxy) is 2. The summed E-state index contributed by atoms with van der Waals surface area (Å²) in [5.74, 6) is 1.26. The highest BCUT2D eigenvalue weighted by Crippen LogP contribution is 2.32. The lowest BCUT2D eigenvalue weighted by atomic mass is 10.2. The van der Waals surface area contributed by atoms with E-state index in [1.165, 1.54) is 22.3 Å². The lowest BCUT2D eigenvalue weighted by molar-refractivity contribution is -0.113. The van der Waals surface area contributed by atoms with Gasteiger partial charge in [-0.05, 0) is 37.1 Å². The fraction of sp³-hybridized carbons (Fsp3) is 0.429. The fourth-order valence-electron chi connectivity index (χ4n) is 3.44. The van der Waals surface area contributed by atoms with Gasteiger partial charge < -0.3 is 14.8 Å². The summed E-state index contributed by atoms with van der Waals surface area (Å²) in [6, 6.07) is 8.51. The first kappa shape index (κ1) is 21.9. The summed E-state index contributed by atoms with van der Waals surface area (Å²) in [7, 11) is -3.50. The van der Waals surface area contributed by atoms with Gasteiger partial charge in [0.25, 0.3) is 0 Å². The van der Waals surface area contributed by atoms with Gasteiger partial charge in [-0.15, -0.1) is 0 Å². The molecule has 2 aromatic rings. The maximum Gasteiger partial charge on any atom is 0.244 e. The van der Waals surface area contributed by atoms with Gasteiger partial charge in [0.2, 0.25) is 15.9 Å². The number of sulfonamides is 1. The first-order chi connectivity index (χ1) is 15.0. The largest absolute Gasteiger partial charge is 0.490 e. The van der Waals surface area contributed by atoms with Gasteiger partial charge in [0.15, 0.2) is 11.5 Å². The third-order valence-corrected chi connectivity index (χ3v) is 7.87. The summed E-state index contributed by atoms with van der Waals surface area (Å²) in [4.78, 5) is 16.7. The van der Waals surface area contributed by atoms with E-state index in [2.05, 4.69) is 10.3 Å². The van der Waals surface area contributed by atoms with Crippen LogP contribution in [0.2, 0.25) is 0 Å². The van der Waals surface area contributed by atoms with Crippen LogP contribution >= 0.6 is 11.8 Å². The quantitative estimate of drug-likeness (QED) is 0.657. The van der Waals surface area contributed by atoms with Crippen molar-refractivity contribution < 1.29 is 22.7 Å². The molecule has 2 aliphatic heterocycles. The second-order valence-corrected chi connectivity index (χ2v) is 10.3. The van der Waals surface area contributed by atoms with Gasteiger partial charge in [-0.2, -0.15) is 4.31 Å². The predicted octanol–water partition coefficient (Wildman–Crippen LogP) is 3.15. The maximum absolute atomic E-state index is 12.7. The summed E-state index contributed by atoms with van der Waals surface area (Å²) in [5.41, 5.74) is 0.630. The molecule has 0 aliphatic carbocycles. The molecule has 0 saturated carbocycles. The van der Waals surface area contributed by atoms with Gasteiger partial charge in [0, 0.05) is 37.5 Å². The molecule has 1 amide bonds. The smallest absolute Gasteiger partial charge is 0.244 e. The van der Waals surface area contributed by atoms with Crippen LogP contribution in [0.25, 0.3) is 0 Å². The van der Waals surface area contributed by atoms with Gasteiger partial charge in [0.05, 0.1) is 24.0 Å². The summed E-state index contributed by atoms with van der Waals surface area (Å²) >= 11 is 1.25. The van der Waals surface area contributed by atoms with Crippen LogP contribution in [0.15, 0.2) is 46.5 Å². The lowest BCUT2D eigenvalue weighted by Crippen LogP contribution is -2.35. The number of hydrogen-bond acceptors (Lipinski definition) is 7. The number of anilines is 1. The van der Waals surface area contributed by atoms with Crippen LogP contribution in [-0.4, -0.2) is 55.7 Å². The monoisotopic (exact) mass is 463 g/mol. The zero-order valence-corrected chi connectivity index (χ0v) is 18.7. The molecular weight excluding hydrogens is 438 g/mol. The topological polar surface area (TPSA) is 97.8 Å². The Morgan fingerprint density at radius 3 is 2.55 bits per heavy atom. The fourth-order valence-corrected chi connectivity index (χ4v) is 5.54. The zero-order chi connectivity index (χ0) is 21.7. The van der Waals surface area contributed by atoms with Crippen LogP contribution in [-0.2, 0) is 14.8 Å². The molecule has 1 saturated heterocycles. The molecule has 0 unspecified atom stereocenters. The van der Waals surface area contributed by atoms with E-state index in [-0.39, 0.29) is 16.6 Å². The Morgan fingerprint density at radius 1 is 1.03 bits per heavy atom. The van der Waals surface area contributed by atoms with E-state index in [1.807, 2.05) is 0 Å². The minimum atomic E-state index is -3.50. The van der Waals surface area contributed by atoms with E-state index in [0.717, 1.165) is 25.7 Å². The Hall–Kier alpha value is -2.30. The number of nitrogens with one attached hydrogen (secondary N) is 1. The van der Waals surface area contributed by atoms with Crippen molar-refractivity contribution in [1.82, 2.24) is 9.29 Å². The molecule has 3 heterocycles. The Kier molecular flexibility index (Phi) is 6.99. The Bertz CT molecular complexity index is 1020. The second kappa shape index (κ2) is 9.88. The van der Waals surface area contributed by atoms with E-state index in [1.54, 1.807) is 30.3 Å². The summed E-state index contributed by atoms with van der Waals surface area (Å²) in [5, 5.41) is 3.42. The van der Waals surface area contributed by atoms with Gasteiger partial charge in [-0.1, -0.05) is 18.2 Å². The third-order valence-electron chi connectivity index (χ3n) is 5.04. The molecule has 0 radical (unpaired) electrons. The summed E-state index contributed by atoms with van der Waals surface area (Å²) in [6.45, 7) is 2.30. The van der Waals surface area contributed by atoms with E-state index < -0.39 is 10.0 Å². The maximum atomic E-state index is 12.7. The number of aromatic nitrogens is 1. The van der Waals surface area contributed by atoms with Crippen molar-refractivity contribution in [2.24, 2.45) is 0 Å². The molecule has 1 aromatic heterocycles. The molecule has 31 heavy (non-hydrogen) atoms. The molecular formula is C21H25N3O5S2. The standard InChI is InChI=1S/C21H25N3O5S2/c25-20(23-16-5-7-18-19(13-16)29-12-4-11-28-18)15-30-21-8-6-17(14-22-21)31(26,27)24-9-2-1-3-10-24/h5-8,13-14H,1-4,9-12,15H2,(H,23,25). The average molecular weight is 464 g/mol. The van der Waals surface area contributed by atoms with Gasteiger partial charge >= 0.3 is 0 Å². The highest BCUT2D eigenvalue weighted by Gasteiger charge is 2.26. The normalized spacial score (nSPS) is 17.0. The highest BCUT2D eigenvalue weighted by molar-refractivity contribution is 7.99. The first-order valence-electron chi connectivity index (χ1n) is 10.3. The number of nitrogens with zero attached hydrogens (tertiary/aromatic N) is 2. The Morgan fingerprint density at radius 2 is 1.81 bits per heavy atom. The highest BCUT2D eigenvalue weighted by atomic mass is 32.2. The number of fused-ring (bicyclic) bond motifs is 1. The number of carbonyl (C=O) groups excluding carboxylic acids is 1. The van der Waals surface area contributed by atoms with E-state index in [4.69, 9.17) is 9.47 Å². The van der Waals surface area contributed by atoms with Crippen molar-refractivity contribution in [3.8, 4) is 11.5 Å². The molecule has 2 aliphatic rings. The number of hydrogen-bond donors (Lipinski definition) is 1. The van der Waals surface area contributed by atoms with Gasteiger partial charge in [-0.25, -0.2) is 13.4 Å². The lowest BCUT2D eigenvalue weighted by Gasteiger charge is -2.25. The Labute approximate surface area is 186 Å². The number of rotatable bonds is 6. The zero-order valence-electron chi connectivity index (χ0n) is 17.1. The number of piperidine rings is 1. The van der Waals surface area contributed by atoms with Gasteiger partial charge in [0.1, 0.15) is 4.90 Å². The molecule has 1 fully saturated rings. The second-order valence-electron chi connectivity index (χ2n) is 7.35. The molecule has 1 N–H and O–H groups in total. The van der Waals surface area contributed by atoms with Crippen molar-refractivity contribution in [2.75, 3.05) is 37.4 Å². The molecule has 1 aromatic carbocycles. The van der Waals surface area contributed by atoms with E-state index in [9.17, 15) is 13.2 Å². The van der Waals surface area contributed by atoms with Crippen LogP contribution in [0.5, 0.6) is 11.5 Å². The molecule has 0 atom stereocenters. The first-order valence-corrected chi connectivity index (χ1v) is 12.7. The number of pyridine rings is 1. The molecule has 10 heteroatoms. The van der Waals surface area contributed by atoms with Crippen molar-refractivity contribution in [1.29, 1.82) is 0 Å². The third kappa shape index (κ3) is 5.50. The van der Waals surface area contributed by atoms with Gasteiger partial charge in [-0.3, -0.25) is 4.79 Å². The molecule has 166 valence electrons. The molecule has 8 nitrogen and oxygen atoms in total. The number of amides is 1. The van der Waals surface area contributed by atoms with Crippen LogP contribution in [0, 0.1) is 0 Å². The Balaban J connectivity index is 1.32. The van der Waals surface area contributed by atoms with Crippen LogP contribution < -0.4 is 14.8 Å². The van der Waals surface area contributed by atoms with Crippen molar-refractivity contribution in [2.45, 2.75) is 35.6 Å². The number of benzene rings is 1. The number of carbonyl (C=O) groups is 1. The summed E-state index contributed by atoms with van der Waals surface area (Å²) in [6.07, 6.45) is 5.03. The SMILES string of the molecule is O=C(CSc1ccc(S(=O)(=O)N2CCCCC2)cn1)Nc1ccc2c(c1)OCCCO2. The summed E-state index contributed by atoms with van der Waals surface area (Å²) < 4.78 is 38.1. The van der Waals surface area contributed by atoms with Crippen LogP contribution in [0.1, 0.15) is 25.7 Å². The van der Waals surface area contributed by atoms with Crippen LogP contribution in [0.3, 0.4) is 0 Å². The molecule has 0 spiro atoms. The minimum Gasteiger partial charge on any atom is -0.490 e. The van der Waals surface area contributed by atoms with Crippen molar-refractivity contribution in [3.05, 3.63) is 36.5 Å². The van der Waals surface area contributed by atoms with Crippen LogP contribution in [0.4, 0.5) is 5.69 Å². The average Bonchev–Trinajstić information content (AvgIpc) is 3.04. The van der Waals surface area contributed by atoms with Crippen molar-refractivity contribution in [3.63, 3.8) is 0 Å². The molecule has 0 bridgehead atoms. The number of thioether (sulfide) groups is 1. The molecule has 4 rings (SSSR count). The minimum absolute atomic E-state index is 0.152. The predicted molar refractivity (Wildman–Crippen MR) is 118 cm³/mol.